The highest BCUT2D eigenvalue weighted by Gasteiger charge is 2.30. The summed E-state index contributed by atoms with van der Waals surface area (Å²) in [6.07, 6.45) is 6.50. The van der Waals surface area contributed by atoms with Gasteiger partial charge in [-0.3, -0.25) is 24.0 Å². The van der Waals surface area contributed by atoms with Gasteiger partial charge in [0.05, 0.1) is 23.5 Å². The topological polar surface area (TPSA) is 239 Å². The Balaban J connectivity index is 1.39. The van der Waals surface area contributed by atoms with Crippen molar-refractivity contribution in [1.29, 1.82) is 0 Å². The van der Waals surface area contributed by atoms with Gasteiger partial charge in [-0.1, -0.05) is 5.92 Å². The number of aliphatic hydroxyl groups is 1. The molecule has 0 fully saturated rings. The zero-order chi connectivity index (χ0) is 39.6. The summed E-state index contributed by atoms with van der Waals surface area (Å²) in [7, 11) is -2.30. The van der Waals surface area contributed by atoms with E-state index in [2.05, 4.69) is 26.5 Å². The molecule has 7 N–H and O–H groups in total. The molecular formula is C38H47N5O10Si. The molecule has 1 aliphatic rings. The molecule has 2 amide bonds. The van der Waals surface area contributed by atoms with Crippen molar-refractivity contribution in [3.63, 3.8) is 0 Å². The van der Waals surface area contributed by atoms with Gasteiger partial charge in [0.1, 0.15) is 24.3 Å². The monoisotopic (exact) mass is 761 g/mol. The summed E-state index contributed by atoms with van der Waals surface area (Å²) in [5.41, 5.74) is 2.92. The van der Waals surface area contributed by atoms with E-state index in [1.54, 1.807) is 31.3 Å². The van der Waals surface area contributed by atoms with Gasteiger partial charge in [0.25, 0.3) is 11.5 Å². The van der Waals surface area contributed by atoms with Crippen LogP contribution < -0.4 is 21.1 Å². The molecule has 0 unspecified atom stereocenters. The summed E-state index contributed by atoms with van der Waals surface area (Å²) in [4.78, 5) is 93.7. The van der Waals surface area contributed by atoms with E-state index in [9.17, 15) is 43.8 Å². The van der Waals surface area contributed by atoms with E-state index in [1.807, 2.05) is 11.0 Å². The lowest BCUT2D eigenvalue weighted by Crippen LogP contribution is -2.41. The molecular weight excluding hydrogens is 715 g/mol. The van der Waals surface area contributed by atoms with Crippen LogP contribution in [0.3, 0.4) is 0 Å². The summed E-state index contributed by atoms with van der Waals surface area (Å²) in [5, 5.41) is 33.9. The Bertz CT molecular complexity index is 1970. The third kappa shape index (κ3) is 11.3. The van der Waals surface area contributed by atoms with Crippen molar-refractivity contribution in [2.45, 2.75) is 89.2 Å². The highest BCUT2D eigenvalue weighted by Crippen LogP contribution is 2.39. The van der Waals surface area contributed by atoms with E-state index in [1.165, 1.54) is 12.1 Å². The second-order valence-electron chi connectivity index (χ2n) is 14.2. The maximum Gasteiger partial charge on any atom is 0.326 e. The number of H-pyrrole nitrogens is 1. The number of carboxylic acid groups (broad SMARTS) is 2. The second-order valence-corrected chi connectivity index (χ2v) is 18.3. The molecule has 15 nitrogen and oxygen atoms in total. The molecule has 1 aromatic heterocycles. The van der Waals surface area contributed by atoms with Crippen LogP contribution in [0.4, 0.5) is 5.69 Å². The minimum atomic E-state index is -2.30. The minimum absolute atomic E-state index is 0.0747. The molecule has 54 heavy (non-hydrogen) atoms. The number of anilines is 1. The quantitative estimate of drug-likeness (QED) is 0.0500. The number of carbonyl (C=O) groups excluding carboxylic acids is 3. The SMILES string of the molecule is C#CCN(c1ccc(C(=O)N[C@@H](CCC(=O)C[C@H](CCC(=O)O)C(=O)NCCC[Si](C)(C)O)C(=O)O)cc1)[C@H]1CCc2cc3nc(CO)[nH]c(=O)c3cc21. The molecule has 3 atom stereocenters. The van der Waals surface area contributed by atoms with Crippen molar-refractivity contribution in [2.75, 3.05) is 18.0 Å². The lowest BCUT2D eigenvalue weighted by molar-refractivity contribution is -0.140. The summed E-state index contributed by atoms with van der Waals surface area (Å²) < 4.78 is 0. The first-order valence-electron chi connectivity index (χ1n) is 17.8. The number of terminal acetylenes is 1. The highest BCUT2D eigenvalue weighted by molar-refractivity contribution is 6.69. The number of aliphatic hydroxyl groups excluding tert-OH is 1. The second kappa shape index (κ2) is 18.6. The van der Waals surface area contributed by atoms with Crippen LogP contribution in [0, 0.1) is 18.3 Å². The van der Waals surface area contributed by atoms with E-state index in [4.69, 9.17) is 11.5 Å². The number of hydrogen-bond acceptors (Lipinski definition) is 10. The fourth-order valence-electron chi connectivity index (χ4n) is 6.63. The number of hydrogen-bond donors (Lipinski definition) is 7. The van der Waals surface area contributed by atoms with Crippen LogP contribution in [-0.2, 0) is 32.2 Å². The fourth-order valence-corrected chi connectivity index (χ4v) is 7.68. The molecule has 0 aliphatic heterocycles. The number of carbonyl (C=O) groups is 5. The van der Waals surface area contributed by atoms with Crippen LogP contribution in [0.15, 0.2) is 41.2 Å². The zero-order valence-electron chi connectivity index (χ0n) is 30.4. The number of fused-ring (bicyclic) bond motifs is 2. The standard InChI is InChI=1S/C38H47N5O10Si/c1-4-17-43(32-14-8-24-20-31-29(21-28(24)32)37(50)42-33(22-44)40-31)26-10-6-23(7-11-26)36(49)41-30(38(51)52)13-12-27(45)19-25(9-15-34(46)47)35(48)39-16-5-18-54(2,3)53/h1,6-7,10-11,20-21,25,30,32,44,53H,5,8-9,12-19,22H2,2-3H3,(H,39,48)(H,41,49)(H,46,47)(H,51,52)(H,40,42,50)/t25-,30-,32-/m0/s1. The normalized spacial score (nSPS) is 14.8. The summed E-state index contributed by atoms with van der Waals surface area (Å²) in [5.74, 6) is -2.14. The number of aromatic nitrogens is 2. The average molecular weight is 762 g/mol. The Kier molecular flexibility index (Phi) is 14.2. The van der Waals surface area contributed by atoms with Crippen molar-refractivity contribution in [3.8, 4) is 12.3 Å². The summed E-state index contributed by atoms with van der Waals surface area (Å²) in [6, 6.07) is 9.09. The predicted octanol–water partition coefficient (Wildman–Crippen LogP) is 2.65. The van der Waals surface area contributed by atoms with Gasteiger partial charge in [-0.05, 0) is 98.8 Å². The lowest BCUT2D eigenvalue weighted by atomic mass is 9.93. The first kappa shape index (κ1) is 41.4. The van der Waals surface area contributed by atoms with Crippen molar-refractivity contribution in [3.05, 3.63) is 69.3 Å². The van der Waals surface area contributed by atoms with Gasteiger partial charge < -0.3 is 40.6 Å². The van der Waals surface area contributed by atoms with Crippen LogP contribution in [0.1, 0.15) is 78.3 Å². The first-order valence-corrected chi connectivity index (χ1v) is 21.0. The van der Waals surface area contributed by atoms with E-state index in [0.29, 0.717) is 41.9 Å². The molecule has 16 heteroatoms. The van der Waals surface area contributed by atoms with Crippen LogP contribution in [0.25, 0.3) is 10.9 Å². The third-order valence-electron chi connectivity index (χ3n) is 9.44. The fraction of sp³-hybridized carbons (Fsp3) is 0.447. The number of benzene rings is 2. The third-order valence-corrected chi connectivity index (χ3v) is 11.0. The molecule has 2 aromatic carbocycles. The van der Waals surface area contributed by atoms with Crippen molar-refractivity contribution in [1.82, 2.24) is 20.6 Å². The number of nitrogens with one attached hydrogen (secondary N) is 3. The van der Waals surface area contributed by atoms with Crippen molar-refractivity contribution >= 4 is 54.4 Å². The number of amides is 2. The maximum absolute atomic E-state index is 13.2. The smallest absolute Gasteiger partial charge is 0.326 e. The number of aromatic amines is 1. The largest absolute Gasteiger partial charge is 0.481 e. The van der Waals surface area contributed by atoms with Gasteiger partial charge in [-0.25, -0.2) is 9.78 Å². The molecule has 288 valence electrons. The molecule has 0 bridgehead atoms. The Morgan fingerprint density at radius 3 is 2.44 bits per heavy atom. The molecule has 1 heterocycles. The maximum atomic E-state index is 13.2. The molecule has 0 saturated carbocycles. The van der Waals surface area contributed by atoms with Gasteiger partial charge in [-0.15, -0.1) is 6.42 Å². The van der Waals surface area contributed by atoms with E-state index >= 15 is 0 Å². The number of aliphatic carboxylic acids is 2. The Labute approximate surface area is 313 Å². The van der Waals surface area contributed by atoms with Gasteiger partial charge >= 0.3 is 11.9 Å². The van der Waals surface area contributed by atoms with Crippen LogP contribution in [0.5, 0.6) is 0 Å². The van der Waals surface area contributed by atoms with Gasteiger partial charge in [0, 0.05) is 43.0 Å². The van der Waals surface area contributed by atoms with Crippen molar-refractivity contribution in [2.24, 2.45) is 5.92 Å². The van der Waals surface area contributed by atoms with E-state index in [-0.39, 0.29) is 68.2 Å². The van der Waals surface area contributed by atoms with Crippen LogP contribution in [-0.4, -0.2) is 87.1 Å². The van der Waals surface area contributed by atoms with Gasteiger partial charge in [0.2, 0.25) is 5.91 Å². The van der Waals surface area contributed by atoms with E-state index < -0.39 is 56.4 Å². The number of nitrogens with zero attached hydrogens (tertiary/aromatic N) is 2. The summed E-state index contributed by atoms with van der Waals surface area (Å²) >= 11 is 0. The van der Waals surface area contributed by atoms with Crippen molar-refractivity contribution < 1.29 is 44.1 Å². The minimum Gasteiger partial charge on any atom is -0.481 e. The number of aryl methyl sites for hydroxylation is 1. The number of ketones is 1. The summed E-state index contributed by atoms with van der Waals surface area (Å²) in [6.45, 7) is 3.66. The molecule has 1 aliphatic carbocycles. The lowest BCUT2D eigenvalue weighted by Gasteiger charge is -2.30. The van der Waals surface area contributed by atoms with E-state index in [0.717, 1.165) is 11.1 Å². The Morgan fingerprint density at radius 1 is 1.09 bits per heavy atom. The zero-order valence-corrected chi connectivity index (χ0v) is 31.4. The first-order chi connectivity index (χ1) is 25.6. The predicted molar refractivity (Wildman–Crippen MR) is 202 cm³/mol. The number of rotatable bonds is 20. The number of Topliss-reactive ketones (excluding diaryl/α,β-unsaturated/α-hetero) is 1. The molecule has 0 saturated heterocycles. The Hall–Kier alpha value is -5.37. The molecule has 0 radical (unpaired) electrons. The highest BCUT2D eigenvalue weighted by atomic mass is 28.4. The Morgan fingerprint density at radius 2 is 1.81 bits per heavy atom. The van der Waals surface area contributed by atoms with Crippen LogP contribution in [0.2, 0.25) is 19.1 Å². The molecule has 0 spiro atoms. The average Bonchev–Trinajstić information content (AvgIpc) is 3.53. The van der Waals surface area contributed by atoms with Gasteiger partial charge in [-0.2, -0.15) is 0 Å². The van der Waals surface area contributed by atoms with Gasteiger partial charge in [0.15, 0.2) is 8.32 Å². The molecule has 3 aromatic rings. The molecule has 4 rings (SSSR count). The van der Waals surface area contributed by atoms with Crippen LogP contribution >= 0.6 is 0 Å². The number of carboxylic acids is 2.